The Balaban J connectivity index is 1.72. The second kappa shape index (κ2) is 5.22. The maximum Gasteiger partial charge on any atom is 0.121 e. The number of halogens is 1. The Bertz CT molecular complexity index is 451. The van der Waals surface area contributed by atoms with Gasteiger partial charge in [0.2, 0.25) is 0 Å². The summed E-state index contributed by atoms with van der Waals surface area (Å²) in [5, 5.41) is 4.38. The van der Waals surface area contributed by atoms with Crippen LogP contribution in [0.5, 0.6) is 5.75 Å². The number of hydrogen-bond donors (Lipinski definition) is 1. The number of anilines is 1. The van der Waals surface area contributed by atoms with Crippen LogP contribution >= 0.6 is 11.6 Å². The van der Waals surface area contributed by atoms with E-state index in [1.807, 2.05) is 18.2 Å². The smallest absolute Gasteiger partial charge is 0.121 e. The number of ether oxygens (including phenoxy) is 1. The molecule has 2 aliphatic rings. The van der Waals surface area contributed by atoms with Gasteiger partial charge in [-0.1, -0.05) is 11.6 Å². The van der Waals surface area contributed by atoms with Crippen molar-refractivity contribution in [3.8, 4) is 5.75 Å². The molecule has 0 amide bonds. The molecule has 0 aliphatic carbocycles. The third-order valence-electron chi connectivity index (χ3n) is 4.63. The van der Waals surface area contributed by atoms with Crippen LogP contribution in [0.4, 0.5) is 5.69 Å². The van der Waals surface area contributed by atoms with Crippen molar-refractivity contribution in [1.29, 1.82) is 0 Å². The Labute approximate surface area is 119 Å². The van der Waals surface area contributed by atoms with E-state index in [4.69, 9.17) is 16.3 Å². The number of rotatable bonds is 3. The monoisotopic (exact) mass is 280 g/mol. The third-order valence-corrected chi connectivity index (χ3v) is 4.96. The van der Waals surface area contributed by atoms with Crippen LogP contribution in [0.25, 0.3) is 0 Å². The maximum absolute atomic E-state index is 6.26. The second-order valence-electron chi connectivity index (χ2n) is 5.71. The molecule has 0 saturated carbocycles. The van der Waals surface area contributed by atoms with Crippen LogP contribution in [0.3, 0.4) is 0 Å². The summed E-state index contributed by atoms with van der Waals surface area (Å²) in [6.07, 6.45) is 5.09. The molecule has 4 heteroatoms. The largest absolute Gasteiger partial charge is 0.497 e. The Hall–Kier alpha value is -0.930. The van der Waals surface area contributed by atoms with Crippen molar-refractivity contribution < 1.29 is 4.74 Å². The van der Waals surface area contributed by atoms with Crippen LogP contribution in [-0.2, 0) is 0 Å². The molecule has 2 atom stereocenters. The molecule has 1 aromatic rings. The molecule has 3 nitrogen and oxygen atoms in total. The minimum atomic E-state index is 0.526. The van der Waals surface area contributed by atoms with E-state index in [1.165, 1.54) is 25.7 Å². The first kappa shape index (κ1) is 13.1. The van der Waals surface area contributed by atoms with Crippen LogP contribution in [0.15, 0.2) is 18.2 Å². The SMILES string of the molecule is COc1ccc(Cl)c(NC2CC3CCC(C2)N3C)c1. The van der Waals surface area contributed by atoms with E-state index in [-0.39, 0.29) is 0 Å². The molecule has 2 fully saturated rings. The minimum absolute atomic E-state index is 0.526. The zero-order valence-electron chi connectivity index (χ0n) is 11.5. The standard InChI is InChI=1S/C15H21ClN2O/c1-18-11-3-4-12(18)8-10(7-11)17-15-9-13(19-2)5-6-14(15)16/h5-6,9-12,17H,3-4,7-8H2,1-2H3. The third kappa shape index (κ3) is 2.54. The van der Waals surface area contributed by atoms with Crippen LogP contribution in [-0.4, -0.2) is 37.2 Å². The topological polar surface area (TPSA) is 24.5 Å². The second-order valence-corrected chi connectivity index (χ2v) is 6.12. The summed E-state index contributed by atoms with van der Waals surface area (Å²) < 4.78 is 5.26. The molecule has 0 spiro atoms. The van der Waals surface area contributed by atoms with Crippen molar-refractivity contribution in [3.63, 3.8) is 0 Å². The van der Waals surface area contributed by atoms with Crippen molar-refractivity contribution in [2.45, 2.75) is 43.8 Å². The average molecular weight is 281 g/mol. The molecule has 104 valence electrons. The van der Waals surface area contributed by atoms with Gasteiger partial charge in [-0.05, 0) is 44.9 Å². The highest BCUT2D eigenvalue weighted by Crippen LogP contribution is 2.36. The van der Waals surface area contributed by atoms with E-state index in [0.717, 1.165) is 28.5 Å². The number of hydrogen-bond acceptors (Lipinski definition) is 3. The molecule has 3 rings (SSSR count). The molecule has 0 radical (unpaired) electrons. The van der Waals surface area contributed by atoms with Gasteiger partial charge >= 0.3 is 0 Å². The van der Waals surface area contributed by atoms with Gasteiger partial charge in [-0.2, -0.15) is 0 Å². The van der Waals surface area contributed by atoms with Crippen LogP contribution in [0, 0.1) is 0 Å². The highest BCUT2D eigenvalue weighted by molar-refractivity contribution is 6.33. The van der Waals surface area contributed by atoms with E-state index in [2.05, 4.69) is 17.3 Å². The minimum Gasteiger partial charge on any atom is -0.497 e. The molecule has 2 unspecified atom stereocenters. The van der Waals surface area contributed by atoms with E-state index in [9.17, 15) is 0 Å². The van der Waals surface area contributed by atoms with E-state index >= 15 is 0 Å². The predicted molar refractivity (Wildman–Crippen MR) is 79.2 cm³/mol. The van der Waals surface area contributed by atoms with E-state index in [0.29, 0.717) is 6.04 Å². The van der Waals surface area contributed by atoms with Gasteiger partial charge in [0.1, 0.15) is 5.75 Å². The number of piperidine rings is 1. The fourth-order valence-corrected chi connectivity index (χ4v) is 3.66. The fourth-order valence-electron chi connectivity index (χ4n) is 3.49. The molecular weight excluding hydrogens is 260 g/mol. The number of nitrogens with one attached hydrogen (secondary N) is 1. The lowest BCUT2D eigenvalue weighted by molar-refractivity contribution is 0.169. The van der Waals surface area contributed by atoms with Crippen LogP contribution in [0.1, 0.15) is 25.7 Å². The molecule has 19 heavy (non-hydrogen) atoms. The predicted octanol–water partition coefficient (Wildman–Crippen LogP) is 3.39. The summed E-state index contributed by atoms with van der Waals surface area (Å²) in [4.78, 5) is 2.55. The van der Waals surface area contributed by atoms with Crippen LogP contribution in [0.2, 0.25) is 5.02 Å². The first-order valence-electron chi connectivity index (χ1n) is 6.99. The lowest BCUT2D eigenvalue weighted by Gasteiger charge is -2.37. The molecule has 2 heterocycles. The summed E-state index contributed by atoms with van der Waals surface area (Å²) in [6, 6.07) is 7.78. The molecule has 0 aromatic heterocycles. The van der Waals surface area contributed by atoms with Gasteiger partial charge in [0.15, 0.2) is 0 Å². The Morgan fingerprint density at radius 2 is 1.95 bits per heavy atom. The van der Waals surface area contributed by atoms with Crippen molar-refractivity contribution >= 4 is 17.3 Å². The van der Waals surface area contributed by atoms with Crippen molar-refractivity contribution in [2.24, 2.45) is 0 Å². The van der Waals surface area contributed by atoms with Crippen molar-refractivity contribution in [2.75, 3.05) is 19.5 Å². The van der Waals surface area contributed by atoms with E-state index in [1.54, 1.807) is 7.11 Å². The summed E-state index contributed by atoms with van der Waals surface area (Å²) in [5.74, 6) is 0.850. The highest BCUT2D eigenvalue weighted by Gasteiger charge is 2.38. The van der Waals surface area contributed by atoms with Gasteiger partial charge in [0.05, 0.1) is 17.8 Å². The number of benzene rings is 1. The lowest BCUT2D eigenvalue weighted by Crippen LogP contribution is -2.44. The Morgan fingerprint density at radius 1 is 1.26 bits per heavy atom. The molecule has 1 N–H and O–H groups in total. The first-order chi connectivity index (χ1) is 9.17. The maximum atomic E-state index is 6.26. The Morgan fingerprint density at radius 3 is 2.58 bits per heavy atom. The summed E-state index contributed by atoms with van der Waals surface area (Å²) in [6.45, 7) is 0. The molecular formula is C15H21ClN2O. The first-order valence-corrected chi connectivity index (χ1v) is 7.37. The van der Waals surface area contributed by atoms with E-state index < -0.39 is 0 Å². The number of methoxy groups -OCH3 is 1. The zero-order valence-corrected chi connectivity index (χ0v) is 12.3. The van der Waals surface area contributed by atoms with Gasteiger partial charge in [0, 0.05) is 24.2 Å². The molecule has 2 aliphatic heterocycles. The quantitative estimate of drug-likeness (QED) is 0.919. The normalized spacial score (nSPS) is 30.4. The molecule has 2 bridgehead atoms. The summed E-state index contributed by atoms with van der Waals surface area (Å²) >= 11 is 6.26. The van der Waals surface area contributed by atoms with Gasteiger partial charge in [-0.3, -0.25) is 0 Å². The molecule has 1 aromatic carbocycles. The number of nitrogens with zero attached hydrogens (tertiary/aromatic N) is 1. The van der Waals surface area contributed by atoms with Gasteiger partial charge in [-0.15, -0.1) is 0 Å². The number of fused-ring (bicyclic) bond motifs is 2. The highest BCUT2D eigenvalue weighted by atomic mass is 35.5. The van der Waals surface area contributed by atoms with Gasteiger partial charge in [0.25, 0.3) is 0 Å². The summed E-state index contributed by atoms with van der Waals surface area (Å²) in [5.41, 5.74) is 0.995. The fraction of sp³-hybridized carbons (Fsp3) is 0.600. The van der Waals surface area contributed by atoms with Crippen molar-refractivity contribution in [3.05, 3.63) is 23.2 Å². The van der Waals surface area contributed by atoms with Crippen LogP contribution < -0.4 is 10.1 Å². The average Bonchev–Trinajstić information content (AvgIpc) is 2.64. The summed E-state index contributed by atoms with van der Waals surface area (Å²) in [7, 11) is 3.94. The lowest BCUT2D eigenvalue weighted by atomic mass is 9.98. The molecule has 2 saturated heterocycles. The van der Waals surface area contributed by atoms with Crippen molar-refractivity contribution in [1.82, 2.24) is 4.90 Å². The Kier molecular flexibility index (Phi) is 3.59. The van der Waals surface area contributed by atoms with Gasteiger partial charge in [-0.25, -0.2) is 0 Å². The zero-order chi connectivity index (χ0) is 13.4. The van der Waals surface area contributed by atoms with Gasteiger partial charge < -0.3 is 15.0 Å².